The van der Waals surface area contributed by atoms with Gasteiger partial charge in [-0.15, -0.1) is 0 Å². The van der Waals surface area contributed by atoms with Crippen LogP contribution in [0.25, 0.3) is 0 Å². The Morgan fingerprint density at radius 3 is 2.73 bits per heavy atom. The molecule has 0 atom stereocenters. The standard InChI is InChI=1S/C10H15N3O2/c1-13(2)10(14)7-12-9-5-4-8(15-3)6-11-9/h4-6H,7H2,1-3H3,(H,11,12). The molecule has 1 heterocycles. The Bertz CT molecular complexity index is 322. The number of anilines is 1. The molecule has 1 N–H and O–H groups in total. The minimum absolute atomic E-state index is 0.00705. The van der Waals surface area contributed by atoms with Crippen molar-refractivity contribution in [1.29, 1.82) is 0 Å². The van der Waals surface area contributed by atoms with E-state index in [1.54, 1.807) is 39.5 Å². The fourth-order valence-corrected chi connectivity index (χ4v) is 0.930. The van der Waals surface area contributed by atoms with E-state index in [1.165, 1.54) is 4.90 Å². The zero-order valence-corrected chi connectivity index (χ0v) is 9.15. The molecule has 15 heavy (non-hydrogen) atoms. The molecular weight excluding hydrogens is 194 g/mol. The highest BCUT2D eigenvalue weighted by Gasteiger charge is 2.03. The fourth-order valence-electron chi connectivity index (χ4n) is 0.930. The van der Waals surface area contributed by atoms with E-state index in [0.29, 0.717) is 11.6 Å². The molecule has 1 amide bonds. The molecule has 0 unspecified atom stereocenters. The predicted octanol–water partition coefficient (Wildman–Crippen LogP) is 0.590. The number of ether oxygens (including phenoxy) is 1. The largest absolute Gasteiger partial charge is 0.495 e. The number of methoxy groups -OCH3 is 1. The average molecular weight is 209 g/mol. The number of amides is 1. The minimum atomic E-state index is 0.00705. The van der Waals surface area contributed by atoms with Crippen LogP contribution in [0.1, 0.15) is 0 Å². The molecule has 1 rings (SSSR count). The minimum Gasteiger partial charge on any atom is -0.495 e. The molecule has 82 valence electrons. The molecule has 1 aromatic heterocycles. The Labute approximate surface area is 89.1 Å². The molecule has 0 radical (unpaired) electrons. The number of aromatic nitrogens is 1. The Balaban J connectivity index is 2.47. The molecule has 0 aliphatic rings. The van der Waals surface area contributed by atoms with E-state index in [9.17, 15) is 4.79 Å². The van der Waals surface area contributed by atoms with E-state index in [-0.39, 0.29) is 12.5 Å². The van der Waals surface area contributed by atoms with Crippen LogP contribution in [0.2, 0.25) is 0 Å². The number of nitrogens with one attached hydrogen (secondary N) is 1. The number of rotatable bonds is 4. The molecule has 0 fully saturated rings. The van der Waals surface area contributed by atoms with Crippen molar-refractivity contribution in [3.8, 4) is 5.75 Å². The SMILES string of the molecule is COc1ccc(NCC(=O)N(C)C)nc1. The first-order chi connectivity index (χ1) is 7.13. The molecular formula is C10H15N3O2. The number of carbonyl (C=O) groups excluding carboxylic acids is 1. The number of pyridine rings is 1. The second-order valence-electron chi connectivity index (χ2n) is 3.22. The van der Waals surface area contributed by atoms with Crippen molar-refractivity contribution in [3.05, 3.63) is 18.3 Å². The van der Waals surface area contributed by atoms with Crippen molar-refractivity contribution < 1.29 is 9.53 Å². The van der Waals surface area contributed by atoms with Gasteiger partial charge < -0.3 is 15.0 Å². The van der Waals surface area contributed by atoms with Crippen LogP contribution in [-0.2, 0) is 4.79 Å². The van der Waals surface area contributed by atoms with Gasteiger partial charge in [0, 0.05) is 14.1 Å². The molecule has 5 heteroatoms. The maximum Gasteiger partial charge on any atom is 0.241 e. The van der Waals surface area contributed by atoms with Crippen molar-refractivity contribution in [1.82, 2.24) is 9.88 Å². The van der Waals surface area contributed by atoms with Crippen molar-refractivity contribution in [2.75, 3.05) is 33.1 Å². The number of nitrogens with zero attached hydrogens (tertiary/aromatic N) is 2. The second kappa shape index (κ2) is 5.19. The van der Waals surface area contributed by atoms with Crippen molar-refractivity contribution in [2.24, 2.45) is 0 Å². The van der Waals surface area contributed by atoms with Crippen molar-refractivity contribution >= 4 is 11.7 Å². The number of likely N-dealkylation sites (N-methyl/N-ethyl adjacent to an activating group) is 1. The van der Waals surface area contributed by atoms with E-state index in [0.717, 1.165) is 0 Å². The molecule has 0 spiro atoms. The average Bonchev–Trinajstić information content (AvgIpc) is 2.26. The van der Waals surface area contributed by atoms with Gasteiger partial charge in [0.1, 0.15) is 11.6 Å². The third-order valence-corrected chi connectivity index (χ3v) is 1.89. The second-order valence-corrected chi connectivity index (χ2v) is 3.22. The zero-order chi connectivity index (χ0) is 11.3. The summed E-state index contributed by atoms with van der Waals surface area (Å²) in [4.78, 5) is 16.8. The van der Waals surface area contributed by atoms with E-state index in [1.807, 2.05) is 0 Å². The summed E-state index contributed by atoms with van der Waals surface area (Å²) < 4.78 is 4.97. The van der Waals surface area contributed by atoms with E-state index in [2.05, 4.69) is 10.3 Å². The number of hydrogen-bond acceptors (Lipinski definition) is 4. The third kappa shape index (κ3) is 3.46. The lowest BCUT2D eigenvalue weighted by molar-refractivity contribution is -0.126. The van der Waals surface area contributed by atoms with Crippen LogP contribution in [0.4, 0.5) is 5.82 Å². The highest BCUT2D eigenvalue weighted by Crippen LogP contribution is 2.10. The zero-order valence-electron chi connectivity index (χ0n) is 9.15. The first-order valence-electron chi connectivity index (χ1n) is 4.57. The normalized spacial score (nSPS) is 9.53. The smallest absolute Gasteiger partial charge is 0.241 e. The number of hydrogen-bond donors (Lipinski definition) is 1. The van der Waals surface area contributed by atoms with Crippen LogP contribution in [0.5, 0.6) is 5.75 Å². The first kappa shape index (κ1) is 11.3. The first-order valence-corrected chi connectivity index (χ1v) is 4.57. The molecule has 1 aromatic rings. The van der Waals surface area contributed by atoms with Crippen LogP contribution in [-0.4, -0.2) is 43.5 Å². The van der Waals surface area contributed by atoms with E-state index in [4.69, 9.17) is 4.74 Å². The lowest BCUT2D eigenvalue weighted by Crippen LogP contribution is -2.28. The fraction of sp³-hybridized carbons (Fsp3) is 0.400. The summed E-state index contributed by atoms with van der Waals surface area (Å²) in [6.07, 6.45) is 1.60. The summed E-state index contributed by atoms with van der Waals surface area (Å²) >= 11 is 0. The predicted molar refractivity (Wildman–Crippen MR) is 58.0 cm³/mol. The van der Waals surface area contributed by atoms with Crippen molar-refractivity contribution in [2.45, 2.75) is 0 Å². The van der Waals surface area contributed by atoms with Gasteiger partial charge in [0.05, 0.1) is 19.9 Å². The van der Waals surface area contributed by atoms with Gasteiger partial charge in [0.2, 0.25) is 5.91 Å². The van der Waals surface area contributed by atoms with Crippen LogP contribution >= 0.6 is 0 Å². The Morgan fingerprint density at radius 1 is 1.53 bits per heavy atom. The lowest BCUT2D eigenvalue weighted by atomic mass is 10.4. The quantitative estimate of drug-likeness (QED) is 0.788. The van der Waals surface area contributed by atoms with Gasteiger partial charge in [-0.05, 0) is 12.1 Å². The molecule has 0 aliphatic heterocycles. The summed E-state index contributed by atoms with van der Waals surface area (Å²) in [6, 6.07) is 3.55. The van der Waals surface area contributed by atoms with Crippen LogP contribution < -0.4 is 10.1 Å². The summed E-state index contributed by atoms with van der Waals surface area (Å²) in [6.45, 7) is 0.242. The lowest BCUT2D eigenvalue weighted by Gasteiger charge is -2.11. The third-order valence-electron chi connectivity index (χ3n) is 1.89. The summed E-state index contributed by atoms with van der Waals surface area (Å²) in [5.74, 6) is 1.36. The molecule has 5 nitrogen and oxygen atoms in total. The monoisotopic (exact) mass is 209 g/mol. The number of carbonyl (C=O) groups is 1. The van der Waals surface area contributed by atoms with Gasteiger partial charge >= 0.3 is 0 Å². The molecule has 0 aliphatic carbocycles. The summed E-state index contributed by atoms with van der Waals surface area (Å²) in [5.41, 5.74) is 0. The van der Waals surface area contributed by atoms with Gasteiger partial charge in [-0.1, -0.05) is 0 Å². The molecule has 0 bridgehead atoms. The Kier molecular flexibility index (Phi) is 3.91. The summed E-state index contributed by atoms with van der Waals surface area (Å²) in [5, 5.41) is 2.92. The van der Waals surface area contributed by atoms with Gasteiger partial charge in [-0.25, -0.2) is 4.98 Å². The van der Waals surface area contributed by atoms with Crippen molar-refractivity contribution in [3.63, 3.8) is 0 Å². The van der Waals surface area contributed by atoms with Gasteiger partial charge in [0.25, 0.3) is 0 Å². The highest BCUT2D eigenvalue weighted by atomic mass is 16.5. The molecule has 0 aromatic carbocycles. The Morgan fingerprint density at radius 2 is 2.27 bits per heavy atom. The Hall–Kier alpha value is -1.78. The van der Waals surface area contributed by atoms with Crippen LogP contribution in [0.3, 0.4) is 0 Å². The van der Waals surface area contributed by atoms with E-state index < -0.39 is 0 Å². The maximum absolute atomic E-state index is 11.3. The van der Waals surface area contributed by atoms with Gasteiger partial charge in [-0.2, -0.15) is 0 Å². The van der Waals surface area contributed by atoms with E-state index >= 15 is 0 Å². The van der Waals surface area contributed by atoms with Gasteiger partial charge in [0.15, 0.2) is 0 Å². The topological polar surface area (TPSA) is 54.5 Å². The van der Waals surface area contributed by atoms with Gasteiger partial charge in [-0.3, -0.25) is 4.79 Å². The highest BCUT2D eigenvalue weighted by molar-refractivity contribution is 5.79. The summed E-state index contributed by atoms with van der Waals surface area (Å²) in [7, 11) is 5.01. The maximum atomic E-state index is 11.3. The molecule has 0 saturated heterocycles. The molecule has 0 saturated carbocycles. The van der Waals surface area contributed by atoms with Crippen LogP contribution in [0, 0.1) is 0 Å². The van der Waals surface area contributed by atoms with Crippen LogP contribution in [0.15, 0.2) is 18.3 Å².